The van der Waals surface area contributed by atoms with E-state index in [4.69, 9.17) is 9.47 Å². The van der Waals surface area contributed by atoms with Crippen LogP contribution < -0.4 is 10.6 Å². The van der Waals surface area contributed by atoms with Crippen molar-refractivity contribution in [3.05, 3.63) is 79.9 Å². The molecule has 0 aliphatic heterocycles. The van der Waals surface area contributed by atoms with Crippen molar-refractivity contribution in [2.24, 2.45) is 0 Å². The molecule has 14 heteroatoms. The molecule has 2 N–H and O–H groups in total. The number of carbonyl (C=O) groups excluding carboxylic acids is 4. The van der Waals surface area contributed by atoms with Crippen LogP contribution in [0, 0.1) is 20.2 Å². The fraction of sp³-hybridized carbons (Fsp3) is 0.304. The van der Waals surface area contributed by atoms with Gasteiger partial charge in [0.25, 0.3) is 11.4 Å². The highest BCUT2D eigenvalue weighted by molar-refractivity contribution is 5.90. The minimum atomic E-state index is -0.759. The lowest BCUT2D eigenvalue weighted by Crippen LogP contribution is -2.29. The maximum absolute atomic E-state index is 11.9. The van der Waals surface area contributed by atoms with Crippen LogP contribution in [0.1, 0.15) is 40.0 Å². The van der Waals surface area contributed by atoms with E-state index in [1.807, 2.05) is 0 Å². The van der Waals surface area contributed by atoms with Gasteiger partial charge in [0.15, 0.2) is 0 Å². The number of esters is 2. The Bertz CT molecular complexity index is 1080. The van der Waals surface area contributed by atoms with Crippen molar-refractivity contribution in [1.82, 2.24) is 10.6 Å². The molecule has 0 radical (unpaired) electrons. The second kappa shape index (κ2) is 14.5. The van der Waals surface area contributed by atoms with E-state index in [0.717, 1.165) is 12.1 Å². The van der Waals surface area contributed by atoms with Crippen LogP contribution in [0.25, 0.3) is 0 Å². The smallest absolute Gasteiger partial charge is 0.338 e. The van der Waals surface area contributed by atoms with Crippen LogP contribution in [0.2, 0.25) is 0 Å². The molecule has 14 nitrogen and oxygen atoms in total. The van der Waals surface area contributed by atoms with E-state index >= 15 is 0 Å². The number of rotatable bonds is 14. The van der Waals surface area contributed by atoms with Gasteiger partial charge in [0, 0.05) is 37.1 Å². The van der Waals surface area contributed by atoms with Gasteiger partial charge in [0.1, 0.15) is 13.2 Å². The van der Waals surface area contributed by atoms with Crippen LogP contribution >= 0.6 is 0 Å². The van der Waals surface area contributed by atoms with Crippen LogP contribution in [0.5, 0.6) is 0 Å². The predicted molar refractivity (Wildman–Crippen MR) is 127 cm³/mol. The number of nitro groups is 2. The van der Waals surface area contributed by atoms with Crippen LogP contribution in [0.4, 0.5) is 11.4 Å². The van der Waals surface area contributed by atoms with Crippen LogP contribution in [0.3, 0.4) is 0 Å². The van der Waals surface area contributed by atoms with Crippen molar-refractivity contribution in [2.75, 3.05) is 26.3 Å². The molecule has 2 rings (SSSR count). The minimum absolute atomic E-state index is 0.0188. The third-order valence-corrected chi connectivity index (χ3v) is 4.71. The number of hydrogen-bond acceptors (Lipinski definition) is 10. The minimum Gasteiger partial charge on any atom is -0.460 e. The van der Waals surface area contributed by atoms with Crippen LogP contribution in [0.15, 0.2) is 48.5 Å². The Morgan fingerprint density at radius 3 is 1.49 bits per heavy atom. The third-order valence-electron chi connectivity index (χ3n) is 4.71. The summed E-state index contributed by atoms with van der Waals surface area (Å²) in [7, 11) is 0. The number of non-ortho nitro benzene ring substituents is 2. The first-order chi connectivity index (χ1) is 17.7. The van der Waals surface area contributed by atoms with Gasteiger partial charge in [0.2, 0.25) is 11.8 Å². The van der Waals surface area contributed by atoms with E-state index in [1.54, 1.807) is 0 Å². The number of nitro benzene ring substituents is 2. The molecule has 0 aromatic heterocycles. The molecule has 0 saturated carbocycles. The summed E-state index contributed by atoms with van der Waals surface area (Å²) in [6.45, 7) is -0.213. The van der Waals surface area contributed by atoms with Crippen molar-refractivity contribution in [2.45, 2.75) is 19.3 Å². The van der Waals surface area contributed by atoms with Gasteiger partial charge >= 0.3 is 11.9 Å². The lowest BCUT2D eigenvalue weighted by atomic mass is 10.2. The maximum atomic E-state index is 11.9. The van der Waals surface area contributed by atoms with Crippen molar-refractivity contribution in [3.8, 4) is 0 Å². The van der Waals surface area contributed by atoms with E-state index in [0.29, 0.717) is 0 Å². The molecule has 0 aliphatic carbocycles. The number of benzene rings is 2. The lowest BCUT2D eigenvalue weighted by Gasteiger charge is -2.08. The highest BCUT2D eigenvalue weighted by Crippen LogP contribution is 2.14. The Hall–Kier alpha value is -4.88. The fourth-order valence-corrected chi connectivity index (χ4v) is 2.91. The quantitative estimate of drug-likeness (QED) is 0.162. The number of carbonyl (C=O) groups is 4. The lowest BCUT2D eigenvalue weighted by molar-refractivity contribution is -0.385. The Morgan fingerprint density at radius 1 is 0.703 bits per heavy atom. The zero-order valence-electron chi connectivity index (χ0n) is 19.5. The molecule has 0 fully saturated rings. The topological polar surface area (TPSA) is 197 Å². The van der Waals surface area contributed by atoms with Gasteiger partial charge in [-0.15, -0.1) is 0 Å². The van der Waals surface area contributed by atoms with Crippen LogP contribution in [-0.4, -0.2) is 59.9 Å². The molecule has 0 atom stereocenters. The van der Waals surface area contributed by atoms with Gasteiger partial charge in [-0.05, 0) is 18.6 Å². The molecule has 2 amide bonds. The number of hydrogen-bond donors (Lipinski definition) is 2. The Kier molecular flexibility index (Phi) is 11.1. The van der Waals surface area contributed by atoms with Gasteiger partial charge in [-0.25, -0.2) is 9.59 Å². The Balaban J connectivity index is 1.54. The summed E-state index contributed by atoms with van der Waals surface area (Å²) in [4.78, 5) is 67.7. The summed E-state index contributed by atoms with van der Waals surface area (Å²) < 4.78 is 9.93. The molecule has 2 aromatic carbocycles. The van der Waals surface area contributed by atoms with E-state index in [9.17, 15) is 39.4 Å². The van der Waals surface area contributed by atoms with Gasteiger partial charge in [-0.2, -0.15) is 0 Å². The van der Waals surface area contributed by atoms with Gasteiger partial charge in [-0.3, -0.25) is 29.8 Å². The number of nitrogens with zero attached hydrogens (tertiary/aromatic N) is 2. The molecule has 0 aliphatic rings. The van der Waals surface area contributed by atoms with E-state index in [1.165, 1.54) is 36.4 Å². The largest absolute Gasteiger partial charge is 0.460 e. The summed E-state index contributed by atoms with van der Waals surface area (Å²) in [5, 5.41) is 26.6. The molecule has 2 aromatic rings. The monoisotopic (exact) mass is 516 g/mol. The summed E-state index contributed by atoms with van der Waals surface area (Å²) in [5.41, 5.74) is -0.447. The van der Waals surface area contributed by atoms with E-state index < -0.39 is 21.8 Å². The van der Waals surface area contributed by atoms with Gasteiger partial charge in [0.05, 0.1) is 34.1 Å². The average Bonchev–Trinajstić information content (AvgIpc) is 2.89. The fourth-order valence-electron chi connectivity index (χ4n) is 2.91. The summed E-state index contributed by atoms with van der Waals surface area (Å²) >= 11 is 0. The molecule has 0 saturated heterocycles. The summed E-state index contributed by atoms with van der Waals surface area (Å²) in [5.74, 6) is -2.23. The number of nitrogens with one attached hydrogen (secondary N) is 2. The molecule has 0 heterocycles. The molecule has 196 valence electrons. The number of ether oxygens (including phenoxy) is 2. The molecule has 0 bridgehead atoms. The van der Waals surface area contributed by atoms with Gasteiger partial charge in [-0.1, -0.05) is 12.1 Å². The van der Waals surface area contributed by atoms with E-state index in [2.05, 4.69) is 10.6 Å². The summed E-state index contributed by atoms with van der Waals surface area (Å²) in [6.07, 6.45) is 0.348. The first kappa shape index (κ1) is 28.4. The first-order valence-corrected chi connectivity index (χ1v) is 11.0. The third kappa shape index (κ3) is 10.1. The zero-order valence-corrected chi connectivity index (χ0v) is 19.5. The van der Waals surface area contributed by atoms with Crippen molar-refractivity contribution >= 4 is 35.1 Å². The van der Waals surface area contributed by atoms with Crippen molar-refractivity contribution in [1.29, 1.82) is 0 Å². The maximum Gasteiger partial charge on any atom is 0.338 e. The molecule has 0 spiro atoms. The van der Waals surface area contributed by atoms with Crippen LogP contribution in [-0.2, 0) is 19.1 Å². The molecule has 0 unspecified atom stereocenters. The average molecular weight is 516 g/mol. The molecular weight excluding hydrogens is 492 g/mol. The zero-order chi connectivity index (χ0) is 27.2. The Labute approximate surface area is 210 Å². The van der Waals surface area contributed by atoms with Crippen molar-refractivity contribution in [3.63, 3.8) is 0 Å². The molecular formula is C23H24N4O10. The normalized spacial score (nSPS) is 10.2. The second-order valence-corrected chi connectivity index (χ2v) is 7.44. The highest BCUT2D eigenvalue weighted by atomic mass is 16.6. The predicted octanol–water partition coefficient (Wildman–Crippen LogP) is 1.92. The van der Waals surface area contributed by atoms with Crippen molar-refractivity contribution < 1.29 is 38.5 Å². The standard InChI is InChI=1S/C23H24N4O10/c28-20(24-10-12-36-22(30)16-4-1-6-18(14-16)26(32)33)8-3-9-21(29)25-11-13-37-23(31)17-5-2-7-19(15-17)27(34)35/h1-2,4-7,14-15H,3,8-13H2,(H,24,28)(H,25,29). The first-order valence-electron chi connectivity index (χ1n) is 11.0. The number of amides is 2. The second-order valence-electron chi connectivity index (χ2n) is 7.44. The SMILES string of the molecule is O=C(CCCC(=O)NCCOC(=O)c1cccc([N+](=O)[O-])c1)NCCOC(=O)c1cccc([N+](=O)[O-])c1. The highest BCUT2D eigenvalue weighted by Gasteiger charge is 2.14. The summed E-state index contributed by atoms with van der Waals surface area (Å²) in [6, 6.07) is 10.1. The van der Waals surface area contributed by atoms with Gasteiger partial charge < -0.3 is 20.1 Å². The van der Waals surface area contributed by atoms with E-state index in [-0.39, 0.29) is 79.9 Å². The Morgan fingerprint density at radius 2 is 1.11 bits per heavy atom. The molecule has 37 heavy (non-hydrogen) atoms.